The van der Waals surface area contributed by atoms with E-state index in [1.807, 2.05) is 31.4 Å². The molecule has 0 radical (unpaired) electrons. The normalized spacial score (nSPS) is 11.3. The van der Waals surface area contributed by atoms with Gasteiger partial charge in [0.2, 0.25) is 5.91 Å². The predicted octanol–water partition coefficient (Wildman–Crippen LogP) is 3.59. The van der Waals surface area contributed by atoms with Gasteiger partial charge in [0.05, 0.1) is 18.3 Å². The minimum atomic E-state index is -0.326. The molecular weight excluding hydrogens is 344 g/mol. The second-order valence-corrected chi connectivity index (χ2v) is 7.80. The smallest absolute Gasteiger partial charge is 0.226 e. The van der Waals surface area contributed by atoms with Crippen molar-refractivity contribution in [1.29, 1.82) is 0 Å². The van der Waals surface area contributed by atoms with Gasteiger partial charge >= 0.3 is 0 Å². The minimum absolute atomic E-state index is 0.0282. The first kappa shape index (κ1) is 18.2. The highest BCUT2D eigenvalue weighted by Gasteiger charge is 2.22. The molecule has 0 saturated carbocycles. The summed E-state index contributed by atoms with van der Waals surface area (Å²) in [5.74, 6) is -0.0282. The van der Waals surface area contributed by atoms with E-state index in [1.54, 1.807) is 18.6 Å². The van der Waals surface area contributed by atoms with Crippen LogP contribution in [-0.4, -0.2) is 26.4 Å². The van der Waals surface area contributed by atoms with Gasteiger partial charge in [-0.1, -0.05) is 24.3 Å². The van der Waals surface area contributed by atoms with E-state index >= 15 is 0 Å². The zero-order valence-corrected chi connectivity index (χ0v) is 16.0. The Labute approximate surface area is 157 Å². The summed E-state index contributed by atoms with van der Waals surface area (Å²) < 4.78 is 0. The molecule has 0 atom stereocenters. The number of benzene rings is 1. The number of nitrogens with zero attached hydrogens (tertiary/aromatic N) is 3. The Kier molecular flexibility index (Phi) is 5.42. The van der Waals surface area contributed by atoms with Crippen LogP contribution in [0.2, 0.25) is 0 Å². The molecule has 0 fully saturated rings. The fourth-order valence-electron chi connectivity index (χ4n) is 2.83. The molecule has 0 saturated heterocycles. The van der Waals surface area contributed by atoms with E-state index in [2.05, 4.69) is 39.3 Å². The lowest BCUT2D eigenvalue weighted by molar-refractivity contribution is -0.122. The van der Waals surface area contributed by atoms with Crippen LogP contribution in [0.3, 0.4) is 0 Å². The Hall–Kier alpha value is -2.60. The number of rotatable bonds is 6. The van der Waals surface area contributed by atoms with Gasteiger partial charge in [0, 0.05) is 23.3 Å². The molecule has 134 valence electrons. The van der Waals surface area contributed by atoms with Crippen LogP contribution in [0, 0.1) is 6.92 Å². The van der Waals surface area contributed by atoms with Gasteiger partial charge in [-0.2, -0.15) is 0 Å². The third kappa shape index (κ3) is 4.73. The molecule has 6 heteroatoms. The number of hydrogen-bond donors (Lipinski definition) is 1. The first-order chi connectivity index (χ1) is 12.4. The number of hydrogen-bond acceptors (Lipinski definition) is 5. The molecule has 2 aromatic heterocycles. The van der Waals surface area contributed by atoms with Crippen molar-refractivity contribution in [2.75, 3.05) is 0 Å². The Morgan fingerprint density at radius 1 is 1.23 bits per heavy atom. The molecule has 26 heavy (non-hydrogen) atoms. The number of nitrogens with one attached hydrogen (secondary N) is 1. The summed E-state index contributed by atoms with van der Waals surface area (Å²) in [6, 6.07) is 8.26. The number of amides is 1. The minimum Gasteiger partial charge on any atom is -0.351 e. The number of aryl methyl sites for hydroxylation is 1. The Bertz CT molecular complexity index is 890. The largest absolute Gasteiger partial charge is 0.351 e. The summed E-state index contributed by atoms with van der Waals surface area (Å²) in [6.07, 6.45) is 5.98. The molecule has 3 rings (SSSR count). The highest BCUT2D eigenvalue weighted by molar-refractivity contribution is 7.13. The maximum Gasteiger partial charge on any atom is 0.226 e. The molecule has 0 bridgehead atoms. The highest BCUT2D eigenvalue weighted by atomic mass is 32.1. The third-order valence-electron chi connectivity index (χ3n) is 4.05. The molecule has 1 N–H and O–H groups in total. The van der Waals surface area contributed by atoms with Crippen LogP contribution in [0.5, 0.6) is 0 Å². The fraction of sp³-hybridized carbons (Fsp3) is 0.300. The van der Waals surface area contributed by atoms with Crippen LogP contribution in [0.25, 0.3) is 10.7 Å². The predicted molar refractivity (Wildman–Crippen MR) is 104 cm³/mol. The van der Waals surface area contributed by atoms with Crippen LogP contribution in [0.4, 0.5) is 0 Å². The number of carbonyl (C=O) groups excluding carboxylic acids is 1. The zero-order valence-electron chi connectivity index (χ0n) is 15.2. The van der Waals surface area contributed by atoms with Crippen LogP contribution < -0.4 is 5.32 Å². The average Bonchev–Trinajstić information content (AvgIpc) is 3.05. The van der Waals surface area contributed by atoms with Crippen molar-refractivity contribution < 1.29 is 4.79 Å². The van der Waals surface area contributed by atoms with Crippen molar-refractivity contribution >= 4 is 17.2 Å². The Morgan fingerprint density at radius 2 is 2.04 bits per heavy atom. The van der Waals surface area contributed by atoms with Crippen molar-refractivity contribution in [2.24, 2.45) is 0 Å². The molecule has 0 aliphatic carbocycles. The first-order valence-electron chi connectivity index (χ1n) is 8.49. The Morgan fingerprint density at radius 3 is 2.77 bits per heavy atom. The summed E-state index contributed by atoms with van der Waals surface area (Å²) in [4.78, 5) is 25.3. The number of carbonyl (C=O) groups is 1. The lowest BCUT2D eigenvalue weighted by atomic mass is 9.92. The zero-order chi connectivity index (χ0) is 18.6. The second-order valence-electron chi connectivity index (χ2n) is 6.95. The molecule has 0 spiro atoms. The molecule has 1 aromatic carbocycles. The average molecular weight is 366 g/mol. The third-order valence-corrected chi connectivity index (χ3v) is 4.96. The molecular formula is C20H22N4OS. The van der Waals surface area contributed by atoms with Crippen molar-refractivity contribution in [3.05, 3.63) is 65.1 Å². The SMILES string of the molecule is Cc1ccccc1CC(C)(C)NC(=O)Cc1csc(-c2cnccn2)n1. The molecule has 0 aliphatic heterocycles. The maximum atomic E-state index is 12.5. The Balaban J connectivity index is 1.62. The van der Waals surface area contributed by atoms with Crippen LogP contribution >= 0.6 is 11.3 Å². The number of thiazole rings is 1. The molecule has 1 amide bonds. The van der Waals surface area contributed by atoms with E-state index < -0.39 is 0 Å². The topological polar surface area (TPSA) is 67.8 Å². The van der Waals surface area contributed by atoms with Gasteiger partial charge in [-0.3, -0.25) is 14.8 Å². The standard InChI is InChI=1S/C20H22N4OS/c1-14-6-4-5-7-15(14)11-20(2,3)24-18(25)10-16-13-26-19(23-16)17-12-21-8-9-22-17/h4-9,12-13H,10-11H2,1-3H3,(H,24,25). The summed E-state index contributed by atoms with van der Waals surface area (Å²) >= 11 is 1.47. The van der Waals surface area contributed by atoms with Crippen LogP contribution in [0.15, 0.2) is 48.2 Å². The fourth-order valence-corrected chi connectivity index (χ4v) is 3.61. The molecule has 2 heterocycles. The van der Waals surface area contributed by atoms with Gasteiger partial charge in [-0.25, -0.2) is 4.98 Å². The van der Waals surface area contributed by atoms with Gasteiger partial charge < -0.3 is 5.32 Å². The van der Waals surface area contributed by atoms with Crippen molar-refractivity contribution in [2.45, 2.75) is 39.2 Å². The van der Waals surface area contributed by atoms with E-state index in [0.717, 1.165) is 22.8 Å². The van der Waals surface area contributed by atoms with Crippen LogP contribution in [0.1, 0.15) is 30.7 Å². The van der Waals surface area contributed by atoms with Gasteiger partial charge in [0.25, 0.3) is 0 Å². The summed E-state index contributed by atoms with van der Waals surface area (Å²) in [5, 5.41) is 5.81. The summed E-state index contributed by atoms with van der Waals surface area (Å²) in [7, 11) is 0. The number of aromatic nitrogens is 3. The highest BCUT2D eigenvalue weighted by Crippen LogP contribution is 2.21. The van der Waals surface area contributed by atoms with E-state index in [4.69, 9.17) is 0 Å². The lowest BCUT2D eigenvalue weighted by Crippen LogP contribution is -2.45. The monoisotopic (exact) mass is 366 g/mol. The first-order valence-corrected chi connectivity index (χ1v) is 9.37. The molecule has 0 aliphatic rings. The van der Waals surface area contributed by atoms with E-state index in [9.17, 15) is 4.79 Å². The van der Waals surface area contributed by atoms with Crippen molar-refractivity contribution in [3.8, 4) is 10.7 Å². The lowest BCUT2D eigenvalue weighted by Gasteiger charge is -2.27. The van der Waals surface area contributed by atoms with Crippen molar-refractivity contribution in [1.82, 2.24) is 20.3 Å². The van der Waals surface area contributed by atoms with E-state index in [1.165, 1.54) is 22.5 Å². The van der Waals surface area contributed by atoms with Gasteiger partial charge in [-0.15, -0.1) is 11.3 Å². The summed E-state index contributed by atoms with van der Waals surface area (Å²) in [6.45, 7) is 6.18. The van der Waals surface area contributed by atoms with Crippen LogP contribution in [-0.2, 0) is 17.6 Å². The quantitative estimate of drug-likeness (QED) is 0.724. The second kappa shape index (κ2) is 7.74. The van der Waals surface area contributed by atoms with Crippen molar-refractivity contribution in [3.63, 3.8) is 0 Å². The van der Waals surface area contributed by atoms with E-state index in [-0.39, 0.29) is 17.9 Å². The molecule has 3 aromatic rings. The van der Waals surface area contributed by atoms with Gasteiger partial charge in [-0.05, 0) is 38.3 Å². The van der Waals surface area contributed by atoms with E-state index in [0.29, 0.717) is 0 Å². The molecule has 5 nitrogen and oxygen atoms in total. The molecule has 0 unspecified atom stereocenters. The summed E-state index contributed by atoms with van der Waals surface area (Å²) in [5.41, 5.74) is 3.63. The van der Waals surface area contributed by atoms with Gasteiger partial charge in [0.1, 0.15) is 10.7 Å². The maximum absolute atomic E-state index is 12.5. The van der Waals surface area contributed by atoms with Gasteiger partial charge in [0.15, 0.2) is 0 Å².